The molecule has 0 aromatic rings. The van der Waals surface area contributed by atoms with Gasteiger partial charge in [0.2, 0.25) is 5.96 Å². The van der Waals surface area contributed by atoms with Crippen LogP contribution < -0.4 is 5.32 Å². The van der Waals surface area contributed by atoms with Crippen LogP contribution in [-0.2, 0) is 0 Å². The molecule has 0 atom stereocenters. The maximum atomic E-state index is 8.42. The van der Waals surface area contributed by atoms with E-state index in [0.717, 1.165) is 25.9 Å². The minimum absolute atomic E-state index is 0.259. The van der Waals surface area contributed by atoms with Crippen LogP contribution >= 0.6 is 0 Å². The molecule has 1 aliphatic rings. The molecule has 0 saturated carbocycles. The van der Waals surface area contributed by atoms with Gasteiger partial charge < -0.3 is 4.90 Å². The molecule has 4 heteroatoms. The maximum absolute atomic E-state index is 8.42. The number of hydrogen-bond acceptors (Lipinski definition) is 2. The first kappa shape index (κ1) is 10.8. The number of rotatable bonds is 0. The van der Waals surface area contributed by atoms with E-state index in [1.54, 1.807) is 6.19 Å². The van der Waals surface area contributed by atoms with Gasteiger partial charge in [-0.25, -0.2) is 0 Å². The van der Waals surface area contributed by atoms with Crippen molar-refractivity contribution >= 4 is 5.96 Å². The maximum Gasteiger partial charge on any atom is 0.204 e. The van der Waals surface area contributed by atoms with Crippen molar-refractivity contribution in [3.05, 3.63) is 0 Å². The minimum Gasteiger partial charge on any atom is -0.342 e. The molecule has 1 saturated heterocycles. The fraction of sp³-hybridized carbons (Fsp3) is 0.800. The van der Waals surface area contributed by atoms with Gasteiger partial charge in [-0.1, -0.05) is 25.7 Å². The first-order chi connectivity index (χ1) is 6.84. The summed E-state index contributed by atoms with van der Waals surface area (Å²) in [5, 5.41) is 18.4. The Balaban J connectivity index is 2.39. The van der Waals surface area contributed by atoms with Gasteiger partial charge in [0, 0.05) is 13.1 Å². The highest BCUT2D eigenvalue weighted by molar-refractivity contribution is 5.78. The third kappa shape index (κ3) is 3.65. The predicted octanol–water partition coefficient (Wildman–Crippen LogP) is 1.65. The lowest BCUT2D eigenvalue weighted by atomic mass is 10.1. The van der Waals surface area contributed by atoms with Crippen LogP contribution in [-0.4, -0.2) is 23.9 Å². The molecule has 0 amide bonds. The highest BCUT2D eigenvalue weighted by Gasteiger charge is 2.09. The Morgan fingerprint density at radius 3 is 2.07 bits per heavy atom. The van der Waals surface area contributed by atoms with Gasteiger partial charge in [0.25, 0.3) is 0 Å². The molecule has 1 aliphatic heterocycles. The molecule has 14 heavy (non-hydrogen) atoms. The monoisotopic (exact) mass is 194 g/mol. The third-order valence-electron chi connectivity index (χ3n) is 2.60. The average Bonchev–Trinajstić information content (AvgIpc) is 2.30. The standard InChI is InChI=1S/C10H18N4/c11-9-13-10(12)14-7-5-3-1-2-4-6-8-14/h1-8H2,(H2,12,13). The number of nitrogens with zero attached hydrogens (tertiary/aromatic N) is 2. The fourth-order valence-corrected chi connectivity index (χ4v) is 1.78. The van der Waals surface area contributed by atoms with E-state index in [1.807, 2.05) is 4.90 Å². The smallest absolute Gasteiger partial charge is 0.204 e. The summed E-state index contributed by atoms with van der Waals surface area (Å²) < 4.78 is 0. The van der Waals surface area contributed by atoms with E-state index in [0.29, 0.717) is 0 Å². The van der Waals surface area contributed by atoms with Gasteiger partial charge in [-0.15, -0.1) is 0 Å². The van der Waals surface area contributed by atoms with E-state index in [-0.39, 0.29) is 5.96 Å². The lowest BCUT2D eigenvalue weighted by Gasteiger charge is -2.22. The van der Waals surface area contributed by atoms with Crippen LogP contribution in [0.25, 0.3) is 0 Å². The lowest BCUT2D eigenvalue weighted by Crippen LogP contribution is -2.39. The van der Waals surface area contributed by atoms with Gasteiger partial charge in [-0.05, 0) is 12.8 Å². The molecule has 0 bridgehead atoms. The molecule has 0 radical (unpaired) electrons. The Morgan fingerprint density at radius 2 is 1.57 bits per heavy atom. The first-order valence-corrected chi connectivity index (χ1v) is 5.33. The van der Waals surface area contributed by atoms with Crippen molar-refractivity contribution in [2.75, 3.05) is 13.1 Å². The quantitative estimate of drug-likeness (QED) is 0.267. The predicted molar refractivity (Wildman–Crippen MR) is 55.8 cm³/mol. The number of nitriles is 1. The number of hydrogen-bond donors (Lipinski definition) is 2. The third-order valence-corrected chi connectivity index (χ3v) is 2.60. The molecule has 1 rings (SSSR count). The molecular formula is C10H18N4. The Labute approximate surface area is 85.4 Å². The van der Waals surface area contributed by atoms with Crippen LogP contribution in [0, 0.1) is 16.9 Å². The largest absolute Gasteiger partial charge is 0.342 e. The van der Waals surface area contributed by atoms with Gasteiger partial charge in [0.1, 0.15) is 0 Å². The van der Waals surface area contributed by atoms with Crippen LogP contribution in [0.2, 0.25) is 0 Å². The molecule has 78 valence electrons. The second-order valence-corrected chi connectivity index (χ2v) is 3.69. The summed E-state index contributed by atoms with van der Waals surface area (Å²) in [4.78, 5) is 1.97. The van der Waals surface area contributed by atoms with Crippen LogP contribution in [0.15, 0.2) is 0 Å². The SMILES string of the molecule is N#CNC(=N)N1CCCCCCCC1. The molecule has 0 aliphatic carbocycles. The summed E-state index contributed by atoms with van der Waals surface area (Å²) in [7, 11) is 0. The number of guanidine groups is 1. The molecule has 0 aromatic heterocycles. The van der Waals surface area contributed by atoms with Gasteiger partial charge in [-0.2, -0.15) is 5.26 Å². The second-order valence-electron chi connectivity index (χ2n) is 3.69. The van der Waals surface area contributed by atoms with Gasteiger partial charge >= 0.3 is 0 Å². The van der Waals surface area contributed by atoms with Gasteiger partial charge in [-0.3, -0.25) is 10.7 Å². The summed E-state index contributed by atoms with van der Waals surface area (Å²) in [6.07, 6.45) is 9.19. The van der Waals surface area contributed by atoms with E-state index in [4.69, 9.17) is 10.7 Å². The van der Waals surface area contributed by atoms with E-state index in [1.165, 1.54) is 25.7 Å². The molecule has 4 nitrogen and oxygen atoms in total. The molecule has 2 N–H and O–H groups in total. The van der Waals surface area contributed by atoms with Crippen molar-refractivity contribution in [2.45, 2.75) is 38.5 Å². The Kier molecular flexibility index (Phi) is 4.84. The summed E-state index contributed by atoms with van der Waals surface area (Å²) in [5.74, 6) is 0.259. The molecule has 0 spiro atoms. The van der Waals surface area contributed by atoms with Gasteiger partial charge in [0.05, 0.1) is 0 Å². The normalized spacial score (nSPS) is 18.6. The molecule has 1 fully saturated rings. The summed E-state index contributed by atoms with van der Waals surface area (Å²) >= 11 is 0. The zero-order chi connectivity index (χ0) is 10.2. The van der Waals surface area contributed by atoms with E-state index >= 15 is 0 Å². The zero-order valence-electron chi connectivity index (χ0n) is 8.55. The Hall–Kier alpha value is -1.24. The molecule has 1 heterocycles. The topological polar surface area (TPSA) is 62.9 Å². The first-order valence-electron chi connectivity index (χ1n) is 5.33. The molecule has 0 aromatic carbocycles. The second kappa shape index (κ2) is 6.25. The van der Waals surface area contributed by atoms with Crippen LogP contribution in [0.4, 0.5) is 0 Å². The van der Waals surface area contributed by atoms with Crippen LogP contribution in [0.1, 0.15) is 38.5 Å². The number of nitrogens with one attached hydrogen (secondary N) is 2. The Bertz CT molecular complexity index is 209. The van der Waals surface area contributed by atoms with Crippen molar-refractivity contribution in [1.29, 1.82) is 10.7 Å². The van der Waals surface area contributed by atoms with Crippen molar-refractivity contribution in [1.82, 2.24) is 10.2 Å². The van der Waals surface area contributed by atoms with E-state index in [2.05, 4.69) is 5.32 Å². The summed E-state index contributed by atoms with van der Waals surface area (Å²) in [6, 6.07) is 0. The minimum atomic E-state index is 0.259. The zero-order valence-corrected chi connectivity index (χ0v) is 8.55. The summed E-state index contributed by atoms with van der Waals surface area (Å²) in [5.41, 5.74) is 0. The lowest BCUT2D eigenvalue weighted by molar-refractivity contribution is 0.394. The highest BCUT2D eigenvalue weighted by atomic mass is 15.3. The Morgan fingerprint density at radius 1 is 1.07 bits per heavy atom. The molecule has 0 unspecified atom stereocenters. The van der Waals surface area contributed by atoms with Crippen molar-refractivity contribution < 1.29 is 0 Å². The van der Waals surface area contributed by atoms with E-state index in [9.17, 15) is 0 Å². The van der Waals surface area contributed by atoms with Crippen molar-refractivity contribution in [3.8, 4) is 6.19 Å². The van der Waals surface area contributed by atoms with Crippen LogP contribution in [0.3, 0.4) is 0 Å². The summed E-state index contributed by atoms with van der Waals surface area (Å²) in [6.45, 7) is 1.82. The van der Waals surface area contributed by atoms with E-state index < -0.39 is 0 Å². The van der Waals surface area contributed by atoms with Crippen molar-refractivity contribution in [2.24, 2.45) is 0 Å². The average molecular weight is 194 g/mol. The fourth-order valence-electron chi connectivity index (χ4n) is 1.78. The molecular weight excluding hydrogens is 176 g/mol. The van der Waals surface area contributed by atoms with Gasteiger partial charge in [0.15, 0.2) is 6.19 Å². The van der Waals surface area contributed by atoms with Crippen molar-refractivity contribution in [3.63, 3.8) is 0 Å². The van der Waals surface area contributed by atoms with Crippen LogP contribution in [0.5, 0.6) is 0 Å². The highest BCUT2D eigenvalue weighted by Crippen LogP contribution is 2.10.